The summed E-state index contributed by atoms with van der Waals surface area (Å²) >= 11 is 0. The molecule has 1 aromatic rings. The third-order valence-corrected chi connectivity index (χ3v) is 3.59. The molecule has 2 N–H and O–H groups in total. The molecule has 0 radical (unpaired) electrons. The van der Waals surface area contributed by atoms with Crippen LogP contribution in [-0.2, 0) is 4.74 Å². The van der Waals surface area contributed by atoms with E-state index in [1.54, 1.807) is 0 Å². The van der Waals surface area contributed by atoms with E-state index in [0.717, 1.165) is 6.42 Å². The van der Waals surface area contributed by atoms with Crippen molar-refractivity contribution in [3.05, 3.63) is 34.9 Å². The third kappa shape index (κ3) is 3.08. The van der Waals surface area contributed by atoms with Crippen LogP contribution in [0.3, 0.4) is 0 Å². The number of rotatable bonds is 5. The largest absolute Gasteiger partial charge is 0.374 e. The molecule has 0 aliphatic heterocycles. The van der Waals surface area contributed by atoms with Crippen molar-refractivity contribution >= 4 is 0 Å². The number of benzene rings is 1. The minimum atomic E-state index is -0.283. The van der Waals surface area contributed by atoms with E-state index in [1.165, 1.54) is 16.7 Å². The van der Waals surface area contributed by atoms with Crippen LogP contribution < -0.4 is 5.73 Å². The zero-order valence-electron chi connectivity index (χ0n) is 11.7. The van der Waals surface area contributed by atoms with Gasteiger partial charge in [-0.2, -0.15) is 0 Å². The fraction of sp³-hybridized carbons (Fsp3) is 0.600. The first kappa shape index (κ1) is 14.2. The van der Waals surface area contributed by atoms with Crippen LogP contribution in [-0.4, -0.2) is 12.2 Å². The monoisotopic (exact) mass is 235 g/mol. The van der Waals surface area contributed by atoms with E-state index in [0.29, 0.717) is 6.61 Å². The van der Waals surface area contributed by atoms with E-state index < -0.39 is 0 Å². The molecular formula is C15H25NO. The van der Waals surface area contributed by atoms with Gasteiger partial charge in [0.25, 0.3) is 0 Å². The molecule has 0 bridgehead atoms. The van der Waals surface area contributed by atoms with Crippen LogP contribution in [0.25, 0.3) is 0 Å². The molecule has 0 aliphatic rings. The molecule has 2 atom stereocenters. The predicted molar refractivity (Wildman–Crippen MR) is 73.2 cm³/mol. The Morgan fingerprint density at radius 3 is 2.41 bits per heavy atom. The summed E-state index contributed by atoms with van der Waals surface area (Å²) in [5.74, 6) is 0. The van der Waals surface area contributed by atoms with Gasteiger partial charge in [-0.3, -0.25) is 0 Å². The summed E-state index contributed by atoms with van der Waals surface area (Å²) in [6.07, 6.45) is 0.912. The Labute approximate surface area is 105 Å². The number of aryl methyl sites for hydroxylation is 2. The van der Waals surface area contributed by atoms with Gasteiger partial charge in [0.1, 0.15) is 0 Å². The fourth-order valence-corrected chi connectivity index (χ4v) is 2.25. The molecule has 2 nitrogen and oxygen atoms in total. The van der Waals surface area contributed by atoms with E-state index in [-0.39, 0.29) is 11.6 Å². The molecule has 0 spiro atoms. The fourth-order valence-electron chi connectivity index (χ4n) is 2.25. The van der Waals surface area contributed by atoms with Gasteiger partial charge in [0.05, 0.1) is 11.6 Å². The average Bonchev–Trinajstić information content (AvgIpc) is 2.28. The molecule has 96 valence electrons. The highest BCUT2D eigenvalue weighted by Crippen LogP contribution is 2.32. The molecule has 0 aromatic heterocycles. The topological polar surface area (TPSA) is 35.2 Å². The summed E-state index contributed by atoms with van der Waals surface area (Å²) < 4.78 is 5.86. The first-order valence-electron chi connectivity index (χ1n) is 6.41. The highest BCUT2D eigenvalue weighted by atomic mass is 16.5. The number of hydrogen-bond donors (Lipinski definition) is 1. The van der Waals surface area contributed by atoms with Crippen molar-refractivity contribution in [2.45, 2.75) is 52.7 Å². The minimum absolute atomic E-state index is 0.0759. The highest BCUT2D eigenvalue weighted by Gasteiger charge is 2.32. The summed E-state index contributed by atoms with van der Waals surface area (Å²) in [5.41, 5.74) is 9.82. The summed E-state index contributed by atoms with van der Waals surface area (Å²) in [7, 11) is 0. The lowest BCUT2D eigenvalue weighted by molar-refractivity contribution is -0.0473. The highest BCUT2D eigenvalue weighted by molar-refractivity contribution is 5.34. The molecule has 0 saturated carbocycles. The van der Waals surface area contributed by atoms with Crippen molar-refractivity contribution in [2.75, 3.05) is 6.61 Å². The van der Waals surface area contributed by atoms with Crippen LogP contribution >= 0.6 is 0 Å². The third-order valence-electron chi connectivity index (χ3n) is 3.59. The van der Waals surface area contributed by atoms with Crippen molar-refractivity contribution in [1.82, 2.24) is 0 Å². The van der Waals surface area contributed by atoms with E-state index >= 15 is 0 Å². The second-order valence-electron chi connectivity index (χ2n) is 4.94. The second kappa shape index (κ2) is 5.65. The molecule has 0 heterocycles. The van der Waals surface area contributed by atoms with Crippen molar-refractivity contribution < 1.29 is 4.74 Å². The lowest BCUT2D eigenvalue weighted by Crippen LogP contribution is -2.41. The number of nitrogens with two attached hydrogens (primary N) is 1. The van der Waals surface area contributed by atoms with Crippen molar-refractivity contribution in [2.24, 2.45) is 5.73 Å². The summed E-state index contributed by atoms with van der Waals surface area (Å²) in [5, 5.41) is 0. The van der Waals surface area contributed by atoms with E-state index in [4.69, 9.17) is 10.5 Å². The maximum Gasteiger partial charge on any atom is 0.0843 e. The Balaban J connectivity index is 3.05. The first-order valence-corrected chi connectivity index (χ1v) is 6.41. The van der Waals surface area contributed by atoms with Crippen LogP contribution in [0.15, 0.2) is 18.2 Å². The Bertz CT molecular complexity index is 375. The maximum absolute atomic E-state index is 6.40. The number of hydrogen-bond acceptors (Lipinski definition) is 2. The molecule has 17 heavy (non-hydrogen) atoms. The second-order valence-corrected chi connectivity index (χ2v) is 4.94. The Morgan fingerprint density at radius 1 is 1.29 bits per heavy atom. The van der Waals surface area contributed by atoms with Gasteiger partial charge in [0.2, 0.25) is 0 Å². The Kier molecular flexibility index (Phi) is 4.72. The van der Waals surface area contributed by atoms with Gasteiger partial charge in [0, 0.05) is 6.61 Å². The first-order chi connectivity index (χ1) is 7.94. The Morgan fingerprint density at radius 2 is 1.94 bits per heavy atom. The summed E-state index contributed by atoms with van der Waals surface area (Å²) in [4.78, 5) is 0. The Hall–Kier alpha value is -0.860. The summed E-state index contributed by atoms with van der Waals surface area (Å²) in [6, 6.07) is 6.34. The quantitative estimate of drug-likeness (QED) is 0.847. The molecule has 0 aliphatic carbocycles. The van der Waals surface area contributed by atoms with Crippen LogP contribution in [0, 0.1) is 13.8 Å². The summed E-state index contributed by atoms with van der Waals surface area (Å²) in [6.45, 7) is 11.2. The van der Waals surface area contributed by atoms with E-state index in [1.807, 2.05) is 6.92 Å². The van der Waals surface area contributed by atoms with Gasteiger partial charge in [-0.25, -0.2) is 0 Å². The van der Waals surface area contributed by atoms with Gasteiger partial charge >= 0.3 is 0 Å². The zero-order valence-corrected chi connectivity index (χ0v) is 11.7. The smallest absolute Gasteiger partial charge is 0.0843 e. The zero-order chi connectivity index (χ0) is 13.1. The predicted octanol–water partition coefficient (Wildman–Crippen LogP) is 3.51. The van der Waals surface area contributed by atoms with Gasteiger partial charge < -0.3 is 10.5 Å². The van der Waals surface area contributed by atoms with Gasteiger partial charge in [-0.15, -0.1) is 0 Å². The van der Waals surface area contributed by atoms with Crippen molar-refractivity contribution in [3.63, 3.8) is 0 Å². The van der Waals surface area contributed by atoms with Gasteiger partial charge in [-0.05, 0) is 45.2 Å². The maximum atomic E-state index is 6.40. The molecule has 2 unspecified atom stereocenters. The van der Waals surface area contributed by atoms with Crippen LogP contribution in [0.2, 0.25) is 0 Å². The molecule has 0 fully saturated rings. The van der Waals surface area contributed by atoms with Crippen molar-refractivity contribution in [3.8, 4) is 0 Å². The van der Waals surface area contributed by atoms with Crippen LogP contribution in [0.5, 0.6) is 0 Å². The SMILES string of the molecule is CCOC(C)(CC)C(N)c1ccc(C)cc1C. The molecule has 0 amide bonds. The van der Waals surface area contributed by atoms with E-state index in [9.17, 15) is 0 Å². The van der Waals surface area contributed by atoms with Crippen LogP contribution in [0.4, 0.5) is 0 Å². The lowest BCUT2D eigenvalue weighted by atomic mass is 9.86. The van der Waals surface area contributed by atoms with E-state index in [2.05, 4.69) is 45.9 Å². The van der Waals surface area contributed by atoms with Crippen LogP contribution in [0.1, 0.15) is 49.9 Å². The minimum Gasteiger partial charge on any atom is -0.374 e. The van der Waals surface area contributed by atoms with Crippen molar-refractivity contribution in [1.29, 1.82) is 0 Å². The molecule has 0 saturated heterocycles. The standard InChI is InChI=1S/C15H25NO/c1-6-15(5,17-7-2)14(16)13-9-8-11(3)10-12(13)4/h8-10,14H,6-7,16H2,1-5H3. The van der Waals surface area contributed by atoms with Gasteiger partial charge in [0.15, 0.2) is 0 Å². The van der Waals surface area contributed by atoms with Gasteiger partial charge in [-0.1, -0.05) is 30.7 Å². The molecular weight excluding hydrogens is 210 g/mol. The number of ether oxygens (including phenoxy) is 1. The average molecular weight is 235 g/mol. The normalized spacial score (nSPS) is 16.6. The molecule has 2 heteroatoms. The molecule has 1 rings (SSSR count). The lowest BCUT2D eigenvalue weighted by Gasteiger charge is -2.35. The molecule has 1 aromatic carbocycles.